The quantitative estimate of drug-likeness (QED) is 0.728. The van der Waals surface area contributed by atoms with Gasteiger partial charge in [0.15, 0.2) is 0 Å². The molecule has 1 aromatic heterocycles. The van der Waals surface area contributed by atoms with E-state index in [2.05, 4.69) is 20.1 Å². The summed E-state index contributed by atoms with van der Waals surface area (Å²) in [4.78, 5) is 0. The number of rotatable bonds is 2. The van der Waals surface area contributed by atoms with E-state index in [1.165, 1.54) is 12.8 Å². The summed E-state index contributed by atoms with van der Waals surface area (Å²) in [6.07, 6.45) is 5.50. The van der Waals surface area contributed by atoms with Gasteiger partial charge in [0.2, 0.25) is 0 Å². The standard InChI is InChI=1S/C11H19N5/c12-8-3-5-16-10(6-8)14-15-11(16)7-9-2-1-4-13-9/h8-9,13H,1-7,12H2. The van der Waals surface area contributed by atoms with Crippen LogP contribution in [0.15, 0.2) is 0 Å². The van der Waals surface area contributed by atoms with Gasteiger partial charge in [-0.25, -0.2) is 0 Å². The van der Waals surface area contributed by atoms with Crippen molar-refractivity contribution in [3.05, 3.63) is 11.6 Å². The number of nitrogens with zero attached hydrogens (tertiary/aromatic N) is 3. The van der Waals surface area contributed by atoms with Crippen molar-refractivity contribution in [2.24, 2.45) is 5.73 Å². The van der Waals surface area contributed by atoms with Crippen molar-refractivity contribution in [1.82, 2.24) is 20.1 Å². The maximum absolute atomic E-state index is 5.93. The summed E-state index contributed by atoms with van der Waals surface area (Å²) in [5, 5.41) is 12.1. The van der Waals surface area contributed by atoms with Gasteiger partial charge in [-0.2, -0.15) is 0 Å². The monoisotopic (exact) mass is 221 g/mol. The molecular weight excluding hydrogens is 202 g/mol. The highest BCUT2D eigenvalue weighted by Crippen LogP contribution is 2.17. The van der Waals surface area contributed by atoms with Crippen molar-refractivity contribution in [2.45, 2.75) is 50.7 Å². The Hall–Kier alpha value is -0.940. The average Bonchev–Trinajstić information content (AvgIpc) is 2.89. The van der Waals surface area contributed by atoms with Crippen molar-refractivity contribution in [1.29, 1.82) is 0 Å². The smallest absolute Gasteiger partial charge is 0.134 e. The van der Waals surface area contributed by atoms with Crippen LogP contribution in [0.2, 0.25) is 0 Å². The van der Waals surface area contributed by atoms with Gasteiger partial charge in [0.1, 0.15) is 11.6 Å². The number of aromatic nitrogens is 3. The Bertz CT molecular complexity index is 366. The number of fused-ring (bicyclic) bond motifs is 1. The van der Waals surface area contributed by atoms with E-state index in [1.54, 1.807) is 0 Å². The van der Waals surface area contributed by atoms with Crippen LogP contribution in [0.1, 0.15) is 30.9 Å². The molecule has 88 valence electrons. The molecule has 2 aliphatic rings. The molecule has 3 N–H and O–H groups in total. The van der Waals surface area contributed by atoms with Crippen LogP contribution in [0.5, 0.6) is 0 Å². The van der Waals surface area contributed by atoms with Gasteiger partial charge in [-0.15, -0.1) is 10.2 Å². The highest BCUT2D eigenvalue weighted by atomic mass is 15.3. The van der Waals surface area contributed by atoms with Crippen LogP contribution in [0.3, 0.4) is 0 Å². The third kappa shape index (κ3) is 1.85. The van der Waals surface area contributed by atoms with E-state index in [1.807, 2.05) is 0 Å². The summed E-state index contributed by atoms with van der Waals surface area (Å²) in [7, 11) is 0. The molecule has 0 aromatic carbocycles. The largest absolute Gasteiger partial charge is 0.327 e. The number of hydrogen-bond acceptors (Lipinski definition) is 4. The second kappa shape index (κ2) is 4.14. The Balaban J connectivity index is 1.75. The minimum atomic E-state index is 0.272. The molecule has 2 aliphatic heterocycles. The number of nitrogens with one attached hydrogen (secondary N) is 1. The second-order valence-electron chi connectivity index (χ2n) is 4.93. The molecule has 16 heavy (non-hydrogen) atoms. The van der Waals surface area contributed by atoms with Crippen LogP contribution < -0.4 is 11.1 Å². The molecule has 1 saturated heterocycles. The Kier molecular flexibility index (Phi) is 2.65. The molecule has 0 aliphatic carbocycles. The molecule has 2 atom stereocenters. The van der Waals surface area contributed by atoms with Gasteiger partial charge in [-0.1, -0.05) is 0 Å². The summed E-state index contributed by atoms with van der Waals surface area (Å²) in [6.45, 7) is 2.14. The molecular formula is C11H19N5. The van der Waals surface area contributed by atoms with Gasteiger partial charge in [-0.05, 0) is 25.8 Å². The average molecular weight is 221 g/mol. The second-order valence-corrected chi connectivity index (χ2v) is 4.93. The highest BCUT2D eigenvalue weighted by molar-refractivity contribution is 5.03. The Morgan fingerprint density at radius 1 is 1.38 bits per heavy atom. The van der Waals surface area contributed by atoms with E-state index >= 15 is 0 Å². The van der Waals surface area contributed by atoms with Crippen LogP contribution in [0, 0.1) is 0 Å². The predicted molar refractivity (Wildman–Crippen MR) is 61.0 cm³/mol. The van der Waals surface area contributed by atoms with Crippen molar-refractivity contribution in [3.63, 3.8) is 0 Å². The first-order chi connectivity index (χ1) is 7.83. The first-order valence-corrected chi connectivity index (χ1v) is 6.23. The summed E-state index contributed by atoms with van der Waals surface area (Å²) in [6, 6.07) is 0.873. The normalized spacial score (nSPS) is 29.3. The molecule has 2 unspecified atom stereocenters. The van der Waals surface area contributed by atoms with Gasteiger partial charge < -0.3 is 15.6 Å². The van der Waals surface area contributed by atoms with Crippen molar-refractivity contribution < 1.29 is 0 Å². The fourth-order valence-electron chi connectivity index (χ4n) is 2.72. The zero-order valence-corrected chi connectivity index (χ0v) is 9.52. The third-order valence-electron chi connectivity index (χ3n) is 3.66. The van der Waals surface area contributed by atoms with Crippen LogP contribution in [0.4, 0.5) is 0 Å². The molecule has 3 heterocycles. The minimum absolute atomic E-state index is 0.272. The lowest BCUT2D eigenvalue weighted by molar-refractivity contribution is 0.446. The van der Waals surface area contributed by atoms with E-state index in [9.17, 15) is 0 Å². The van der Waals surface area contributed by atoms with Gasteiger partial charge in [0, 0.05) is 31.5 Å². The van der Waals surface area contributed by atoms with E-state index in [0.717, 1.165) is 44.0 Å². The first kappa shape index (κ1) is 10.2. The van der Waals surface area contributed by atoms with Crippen LogP contribution in [-0.2, 0) is 19.4 Å². The zero-order chi connectivity index (χ0) is 11.0. The number of hydrogen-bond donors (Lipinski definition) is 2. The molecule has 0 spiro atoms. The molecule has 1 aromatic rings. The first-order valence-electron chi connectivity index (χ1n) is 6.23. The van der Waals surface area contributed by atoms with Gasteiger partial charge in [0.25, 0.3) is 0 Å². The molecule has 5 heteroatoms. The van der Waals surface area contributed by atoms with E-state index in [-0.39, 0.29) is 6.04 Å². The maximum Gasteiger partial charge on any atom is 0.134 e. The molecule has 5 nitrogen and oxygen atoms in total. The SMILES string of the molecule is NC1CCn2c(nnc2CC2CCCN2)C1. The van der Waals surface area contributed by atoms with Crippen molar-refractivity contribution in [2.75, 3.05) is 6.54 Å². The molecule has 0 amide bonds. The number of nitrogens with two attached hydrogens (primary N) is 1. The molecule has 0 saturated carbocycles. The lowest BCUT2D eigenvalue weighted by Gasteiger charge is -2.21. The van der Waals surface area contributed by atoms with E-state index in [0.29, 0.717) is 6.04 Å². The van der Waals surface area contributed by atoms with Crippen LogP contribution in [0.25, 0.3) is 0 Å². The summed E-state index contributed by atoms with van der Waals surface area (Å²) in [5.74, 6) is 2.22. The Labute approximate surface area is 95.4 Å². The molecule has 3 rings (SSSR count). The van der Waals surface area contributed by atoms with Gasteiger partial charge in [0.05, 0.1) is 0 Å². The summed E-state index contributed by atoms with van der Waals surface area (Å²) in [5.41, 5.74) is 5.93. The lowest BCUT2D eigenvalue weighted by Crippen LogP contribution is -2.32. The molecule has 0 bridgehead atoms. The van der Waals surface area contributed by atoms with Crippen molar-refractivity contribution >= 4 is 0 Å². The molecule has 0 radical (unpaired) electrons. The van der Waals surface area contributed by atoms with Crippen LogP contribution in [-0.4, -0.2) is 33.4 Å². The van der Waals surface area contributed by atoms with Crippen molar-refractivity contribution in [3.8, 4) is 0 Å². The topological polar surface area (TPSA) is 68.8 Å². The fourth-order valence-corrected chi connectivity index (χ4v) is 2.72. The summed E-state index contributed by atoms with van der Waals surface area (Å²) < 4.78 is 2.27. The Morgan fingerprint density at radius 2 is 2.31 bits per heavy atom. The lowest BCUT2D eigenvalue weighted by atomic mass is 10.1. The minimum Gasteiger partial charge on any atom is -0.327 e. The Morgan fingerprint density at radius 3 is 3.12 bits per heavy atom. The zero-order valence-electron chi connectivity index (χ0n) is 9.52. The van der Waals surface area contributed by atoms with Crippen LogP contribution >= 0.6 is 0 Å². The highest BCUT2D eigenvalue weighted by Gasteiger charge is 2.23. The maximum atomic E-state index is 5.93. The third-order valence-corrected chi connectivity index (χ3v) is 3.66. The predicted octanol–water partition coefficient (Wildman–Crippen LogP) is -0.154. The van der Waals surface area contributed by atoms with E-state index < -0.39 is 0 Å². The van der Waals surface area contributed by atoms with Gasteiger partial charge >= 0.3 is 0 Å². The van der Waals surface area contributed by atoms with Gasteiger partial charge in [-0.3, -0.25) is 0 Å². The summed E-state index contributed by atoms with van der Waals surface area (Å²) >= 11 is 0. The van der Waals surface area contributed by atoms with E-state index in [4.69, 9.17) is 5.73 Å². The fraction of sp³-hybridized carbons (Fsp3) is 0.818. The molecule has 1 fully saturated rings.